The molecular weight excluding hydrogens is 222 g/mol. The lowest BCUT2D eigenvalue weighted by Crippen LogP contribution is -2.46. The van der Waals surface area contributed by atoms with Crippen LogP contribution in [0.5, 0.6) is 0 Å². The van der Waals surface area contributed by atoms with Crippen LogP contribution in [0.25, 0.3) is 0 Å². The standard InChI is InChI=1S/C16H31NO/c1-15(2,3)14-7-9-16(12-17,10-8-14)18-11-13-5-4-6-13/h13-14H,4-12,17H2,1-3H3. The molecule has 0 heterocycles. The average molecular weight is 253 g/mol. The zero-order valence-electron chi connectivity index (χ0n) is 12.5. The van der Waals surface area contributed by atoms with E-state index in [0.717, 1.165) is 31.3 Å². The van der Waals surface area contributed by atoms with Gasteiger partial charge in [-0.3, -0.25) is 0 Å². The zero-order chi connectivity index (χ0) is 13.2. The summed E-state index contributed by atoms with van der Waals surface area (Å²) in [5.41, 5.74) is 6.46. The maximum Gasteiger partial charge on any atom is 0.0804 e. The molecule has 0 atom stereocenters. The minimum absolute atomic E-state index is 0.0113. The van der Waals surface area contributed by atoms with Crippen LogP contribution in [0, 0.1) is 17.3 Å². The monoisotopic (exact) mass is 253 g/mol. The van der Waals surface area contributed by atoms with Gasteiger partial charge >= 0.3 is 0 Å². The summed E-state index contributed by atoms with van der Waals surface area (Å²) in [5.74, 6) is 1.67. The first-order valence-corrected chi connectivity index (χ1v) is 7.79. The van der Waals surface area contributed by atoms with Gasteiger partial charge in [-0.25, -0.2) is 0 Å². The fourth-order valence-electron chi connectivity index (χ4n) is 3.37. The third-order valence-corrected chi connectivity index (χ3v) is 5.34. The first-order chi connectivity index (χ1) is 8.45. The van der Waals surface area contributed by atoms with Gasteiger partial charge in [0.15, 0.2) is 0 Å². The highest BCUT2D eigenvalue weighted by Gasteiger charge is 2.39. The molecule has 2 saturated carbocycles. The summed E-state index contributed by atoms with van der Waals surface area (Å²) in [5, 5.41) is 0. The topological polar surface area (TPSA) is 35.2 Å². The number of hydrogen-bond acceptors (Lipinski definition) is 2. The van der Waals surface area contributed by atoms with Gasteiger partial charge < -0.3 is 10.5 Å². The zero-order valence-corrected chi connectivity index (χ0v) is 12.5. The SMILES string of the molecule is CC(C)(C)C1CCC(CN)(OCC2CCC2)CC1. The Balaban J connectivity index is 1.82. The van der Waals surface area contributed by atoms with Crippen molar-refractivity contribution in [2.24, 2.45) is 23.0 Å². The lowest BCUT2D eigenvalue weighted by atomic mass is 9.68. The molecule has 0 saturated heterocycles. The van der Waals surface area contributed by atoms with Crippen molar-refractivity contribution < 1.29 is 4.74 Å². The summed E-state index contributed by atoms with van der Waals surface area (Å²) < 4.78 is 6.26. The number of hydrogen-bond donors (Lipinski definition) is 1. The molecular formula is C16H31NO. The van der Waals surface area contributed by atoms with Gasteiger partial charge in [-0.05, 0) is 55.8 Å². The molecule has 0 aliphatic heterocycles. The summed E-state index contributed by atoms with van der Waals surface area (Å²) in [4.78, 5) is 0. The van der Waals surface area contributed by atoms with Gasteiger partial charge in [-0.2, -0.15) is 0 Å². The predicted octanol–water partition coefficient (Wildman–Crippen LogP) is 3.74. The molecule has 106 valence electrons. The second-order valence-corrected chi connectivity index (χ2v) is 7.64. The third kappa shape index (κ3) is 3.27. The number of rotatable bonds is 4. The van der Waals surface area contributed by atoms with Crippen LogP contribution >= 0.6 is 0 Å². The van der Waals surface area contributed by atoms with Crippen molar-refractivity contribution in [1.82, 2.24) is 0 Å². The second kappa shape index (κ2) is 5.50. The lowest BCUT2D eigenvalue weighted by Gasteiger charge is -2.44. The average Bonchev–Trinajstić information content (AvgIpc) is 2.26. The normalized spacial score (nSPS) is 34.3. The van der Waals surface area contributed by atoms with Crippen molar-refractivity contribution in [2.75, 3.05) is 13.2 Å². The van der Waals surface area contributed by atoms with Gasteiger partial charge in [-0.15, -0.1) is 0 Å². The van der Waals surface area contributed by atoms with E-state index in [4.69, 9.17) is 10.5 Å². The molecule has 2 N–H and O–H groups in total. The predicted molar refractivity (Wildman–Crippen MR) is 76.5 cm³/mol. The van der Waals surface area contributed by atoms with E-state index >= 15 is 0 Å². The summed E-state index contributed by atoms with van der Waals surface area (Å²) in [6.45, 7) is 8.75. The highest BCUT2D eigenvalue weighted by Crippen LogP contribution is 2.43. The van der Waals surface area contributed by atoms with Crippen molar-refractivity contribution >= 4 is 0 Å². The summed E-state index contributed by atoms with van der Waals surface area (Å²) in [7, 11) is 0. The maximum atomic E-state index is 6.26. The lowest BCUT2D eigenvalue weighted by molar-refractivity contribution is -0.0985. The quantitative estimate of drug-likeness (QED) is 0.828. The largest absolute Gasteiger partial charge is 0.373 e. The Labute approximate surface area is 113 Å². The minimum Gasteiger partial charge on any atom is -0.373 e. The van der Waals surface area contributed by atoms with Gasteiger partial charge in [0.05, 0.1) is 12.2 Å². The molecule has 2 aliphatic carbocycles. The molecule has 2 aliphatic rings. The van der Waals surface area contributed by atoms with Gasteiger partial charge in [0.25, 0.3) is 0 Å². The molecule has 0 unspecified atom stereocenters. The van der Waals surface area contributed by atoms with Crippen molar-refractivity contribution in [3.05, 3.63) is 0 Å². The number of nitrogens with two attached hydrogens (primary N) is 1. The first-order valence-electron chi connectivity index (χ1n) is 7.79. The molecule has 0 spiro atoms. The molecule has 2 rings (SSSR count). The minimum atomic E-state index is 0.0113. The Hall–Kier alpha value is -0.0800. The van der Waals surface area contributed by atoms with E-state index in [9.17, 15) is 0 Å². The van der Waals surface area contributed by atoms with Gasteiger partial charge in [0.1, 0.15) is 0 Å². The highest BCUT2D eigenvalue weighted by molar-refractivity contribution is 4.91. The fourth-order valence-corrected chi connectivity index (χ4v) is 3.37. The van der Waals surface area contributed by atoms with E-state index in [2.05, 4.69) is 20.8 Å². The van der Waals surface area contributed by atoms with Crippen LogP contribution in [0.4, 0.5) is 0 Å². The van der Waals surface area contributed by atoms with Crippen LogP contribution < -0.4 is 5.73 Å². The smallest absolute Gasteiger partial charge is 0.0804 e. The maximum absolute atomic E-state index is 6.26. The Bertz CT molecular complexity index is 257. The van der Waals surface area contributed by atoms with E-state index in [0.29, 0.717) is 12.0 Å². The van der Waals surface area contributed by atoms with Gasteiger partial charge in [-0.1, -0.05) is 27.2 Å². The van der Waals surface area contributed by atoms with Crippen molar-refractivity contribution in [3.8, 4) is 0 Å². The van der Waals surface area contributed by atoms with Crippen LogP contribution in [-0.2, 0) is 4.74 Å². The van der Waals surface area contributed by atoms with Crippen molar-refractivity contribution in [1.29, 1.82) is 0 Å². The van der Waals surface area contributed by atoms with Crippen LogP contribution in [0.2, 0.25) is 0 Å². The molecule has 0 aromatic carbocycles. The highest BCUT2D eigenvalue weighted by atomic mass is 16.5. The Kier molecular flexibility index (Phi) is 4.38. The molecule has 2 fully saturated rings. The van der Waals surface area contributed by atoms with Crippen LogP contribution in [-0.4, -0.2) is 18.8 Å². The molecule has 0 radical (unpaired) electrons. The van der Waals surface area contributed by atoms with Crippen LogP contribution in [0.15, 0.2) is 0 Å². The molecule has 18 heavy (non-hydrogen) atoms. The van der Waals surface area contributed by atoms with Crippen molar-refractivity contribution in [2.45, 2.75) is 71.3 Å². The summed E-state index contributed by atoms with van der Waals surface area (Å²) in [6, 6.07) is 0. The molecule has 2 nitrogen and oxygen atoms in total. The van der Waals surface area contributed by atoms with Gasteiger partial charge in [0.2, 0.25) is 0 Å². The summed E-state index contributed by atoms with van der Waals surface area (Å²) >= 11 is 0. The molecule has 2 heteroatoms. The Morgan fingerprint density at radius 3 is 2.11 bits per heavy atom. The van der Waals surface area contributed by atoms with E-state index in [1.54, 1.807) is 0 Å². The van der Waals surface area contributed by atoms with Crippen LogP contribution in [0.1, 0.15) is 65.7 Å². The van der Waals surface area contributed by atoms with Crippen molar-refractivity contribution in [3.63, 3.8) is 0 Å². The first kappa shape index (κ1) is 14.3. The third-order valence-electron chi connectivity index (χ3n) is 5.34. The molecule has 0 aromatic rings. The molecule has 0 bridgehead atoms. The van der Waals surface area contributed by atoms with E-state index in [1.165, 1.54) is 32.1 Å². The molecule has 0 aromatic heterocycles. The second-order valence-electron chi connectivity index (χ2n) is 7.64. The van der Waals surface area contributed by atoms with E-state index in [1.807, 2.05) is 0 Å². The molecule has 0 amide bonds. The Morgan fingerprint density at radius 2 is 1.72 bits per heavy atom. The van der Waals surface area contributed by atoms with E-state index in [-0.39, 0.29) is 5.60 Å². The Morgan fingerprint density at radius 1 is 1.11 bits per heavy atom. The summed E-state index contributed by atoms with van der Waals surface area (Å²) in [6.07, 6.45) is 9.03. The van der Waals surface area contributed by atoms with Gasteiger partial charge in [0, 0.05) is 6.54 Å². The van der Waals surface area contributed by atoms with Crippen LogP contribution in [0.3, 0.4) is 0 Å². The fraction of sp³-hybridized carbons (Fsp3) is 1.00. The van der Waals surface area contributed by atoms with E-state index < -0.39 is 0 Å². The number of ether oxygens (including phenoxy) is 1.